The molecule has 84 valence electrons. The van der Waals surface area contributed by atoms with E-state index in [2.05, 4.69) is 13.0 Å². The Labute approximate surface area is 101 Å². The fraction of sp³-hybridized carbons (Fsp3) is 0.500. The number of rotatable bonds is 6. The highest BCUT2D eigenvalue weighted by Crippen LogP contribution is 2.26. The Hall–Kier alpha value is -0.340. The number of hydrogen-bond donors (Lipinski definition) is 0. The summed E-state index contributed by atoms with van der Waals surface area (Å²) in [6, 6.07) is 8.15. The van der Waals surface area contributed by atoms with Crippen LogP contribution in [0.1, 0.15) is 18.9 Å². The first-order chi connectivity index (χ1) is 7.27. The Morgan fingerprint density at radius 1 is 1.40 bits per heavy atom. The van der Waals surface area contributed by atoms with Gasteiger partial charge >= 0.3 is 0 Å². The number of benzene rings is 1. The highest BCUT2D eigenvalue weighted by atomic mass is 35.5. The van der Waals surface area contributed by atoms with Crippen LogP contribution in [0.25, 0.3) is 0 Å². The van der Waals surface area contributed by atoms with Crippen LogP contribution in [0.4, 0.5) is 0 Å². The molecule has 1 aromatic rings. The zero-order chi connectivity index (χ0) is 11.1. The van der Waals surface area contributed by atoms with Crippen LogP contribution in [0, 0.1) is 0 Å². The van der Waals surface area contributed by atoms with E-state index in [9.17, 15) is 0 Å². The summed E-state index contributed by atoms with van der Waals surface area (Å²) in [7, 11) is 1.71. The summed E-state index contributed by atoms with van der Waals surface area (Å²) in [6.07, 6.45) is 1.06. The molecular weight excluding hydrogens is 228 g/mol. The van der Waals surface area contributed by atoms with Crippen LogP contribution in [0.3, 0.4) is 0 Å². The van der Waals surface area contributed by atoms with Gasteiger partial charge in [-0.15, -0.1) is 11.6 Å². The van der Waals surface area contributed by atoms with Gasteiger partial charge in [-0.25, -0.2) is 0 Å². The molecule has 0 heterocycles. The second kappa shape index (κ2) is 7.02. The summed E-state index contributed by atoms with van der Waals surface area (Å²) < 4.78 is 5.30. The standard InChI is InChI=1S/C12H17ClOS/c1-10(7-8-13)15-9-11-5-3-4-6-12(11)14-2/h3-6,10H,7-9H2,1-2H3. The Morgan fingerprint density at radius 3 is 2.80 bits per heavy atom. The summed E-state index contributed by atoms with van der Waals surface area (Å²) >= 11 is 7.62. The molecule has 0 spiro atoms. The topological polar surface area (TPSA) is 9.23 Å². The minimum atomic E-state index is 0.604. The van der Waals surface area contributed by atoms with Crippen molar-refractivity contribution in [1.82, 2.24) is 0 Å². The normalized spacial score (nSPS) is 12.5. The zero-order valence-corrected chi connectivity index (χ0v) is 10.8. The Bertz CT molecular complexity index is 291. The van der Waals surface area contributed by atoms with Crippen molar-refractivity contribution in [2.75, 3.05) is 13.0 Å². The molecule has 3 heteroatoms. The van der Waals surface area contributed by atoms with Crippen molar-refractivity contribution in [2.24, 2.45) is 0 Å². The average molecular weight is 245 g/mol. The highest BCUT2D eigenvalue weighted by molar-refractivity contribution is 7.99. The monoisotopic (exact) mass is 244 g/mol. The molecule has 0 bridgehead atoms. The molecule has 1 rings (SSSR count). The second-order valence-electron chi connectivity index (χ2n) is 3.41. The fourth-order valence-electron chi connectivity index (χ4n) is 1.29. The number of alkyl halides is 1. The lowest BCUT2D eigenvalue weighted by Crippen LogP contribution is -1.98. The number of methoxy groups -OCH3 is 1. The van der Waals surface area contributed by atoms with Gasteiger partial charge in [0, 0.05) is 22.4 Å². The van der Waals surface area contributed by atoms with Crippen molar-refractivity contribution in [3.8, 4) is 5.75 Å². The van der Waals surface area contributed by atoms with Gasteiger partial charge in [0.2, 0.25) is 0 Å². The van der Waals surface area contributed by atoms with Gasteiger partial charge in [0.05, 0.1) is 7.11 Å². The van der Waals surface area contributed by atoms with E-state index >= 15 is 0 Å². The first kappa shape index (κ1) is 12.7. The molecule has 0 fully saturated rings. The maximum Gasteiger partial charge on any atom is 0.122 e. The minimum absolute atomic E-state index is 0.604. The van der Waals surface area contributed by atoms with E-state index in [0.29, 0.717) is 5.25 Å². The van der Waals surface area contributed by atoms with E-state index < -0.39 is 0 Å². The van der Waals surface area contributed by atoms with Crippen LogP contribution >= 0.6 is 23.4 Å². The van der Waals surface area contributed by atoms with Crippen LogP contribution in [0.5, 0.6) is 5.75 Å². The Balaban J connectivity index is 2.49. The van der Waals surface area contributed by atoms with Gasteiger partial charge in [-0.1, -0.05) is 25.1 Å². The second-order valence-corrected chi connectivity index (χ2v) is 5.22. The molecule has 1 atom stereocenters. The number of hydrogen-bond acceptors (Lipinski definition) is 2. The van der Waals surface area contributed by atoms with E-state index in [1.165, 1.54) is 5.56 Å². The molecular formula is C12H17ClOS. The fourth-order valence-corrected chi connectivity index (χ4v) is 2.74. The van der Waals surface area contributed by atoms with Crippen LogP contribution in [0.2, 0.25) is 0 Å². The van der Waals surface area contributed by atoms with E-state index in [4.69, 9.17) is 16.3 Å². The van der Waals surface area contributed by atoms with Crippen LogP contribution in [0.15, 0.2) is 24.3 Å². The van der Waals surface area contributed by atoms with Crippen LogP contribution < -0.4 is 4.74 Å². The summed E-state index contributed by atoms with van der Waals surface area (Å²) in [5.41, 5.74) is 1.26. The number of ether oxygens (including phenoxy) is 1. The average Bonchev–Trinajstić information content (AvgIpc) is 2.27. The maximum absolute atomic E-state index is 5.70. The molecule has 0 aliphatic carbocycles. The number of thioether (sulfide) groups is 1. The first-order valence-corrected chi connectivity index (χ1v) is 6.65. The third-order valence-electron chi connectivity index (χ3n) is 2.23. The van der Waals surface area contributed by atoms with Gasteiger partial charge in [-0.3, -0.25) is 0 Å². The minimum Gasteiger partial charge on any atom is -0.496 e. The van der Waals surface area contributed by atoms with Gasteiger partial charge in [0.1, 0.15) is 5.75 Å². The van der Waals surface area contributed by atoms with Crippen LogP contribution in [-0.4, -0.2) is 18.2 Å². The van der Waals surface area contributed by atoms with Crippen molar-refractivity contribution in [2.45, 2.75) is 24.3 Å². The molecule has 0 aliphatic heterocycles. The lowest BCUT2D eigenvalue weighted by atomic mass is 10.2. The molecule has 1 unspecified atom stereocenters. The summed E-state index contributed by atoms with van der Waals surface area (Å²) in [5, 5.41) is 0.604. The molecule has 15 heavy (non-hydrogen) atoms. The van der Waals surface area contributed by atoms with E-state index in [-0.39, 0.29) is 0 Å². The van der Waals surface area contributed by atoms with Crippen LogP contribution in [-0.2, 0) is 5.75 Å². The SMILES string of the molecule is COc1ccccc1CSC(C)CCCl. The lowest BCUT2D eigenvalue weighted by Gasteiger charge is -2.11. The Morgan fingerprint density at radius 2 is 2.13 bits per heavy atom. The van der Waals surface area contributed by atoms with Crippen molar-refractivity contribution in [1.29, 1.82) is 0 Å². The Kier molecular flexibility index (Phi) is 5.96. The third-order valence-corrected chi connectivity index (χ3v) is 3.73. The van der Waals surface area contributed by atoms with Gasteiger partial charge < -0.3 is 4.74 Å². The predicted molar refractivity (Wildman–Crippen MR) is 69.1 cm³/mol. The van der Waals surface area contributed by atoms with Gasteiger partial charge in [-0.05, 0) is 12.5 Å². The smallest absolute Gasteiger partial charge is 0.122 e. The summed E-state index contributed by atoms with van der Waals surface area (Å²) in [4.78, 5) is 0. The molecule has 0 N–H and O–H groups in total. The summed E-state index contributed by atoms with van der Waals surface area (Å²) in [5.74, 6) is 2.70. The molecule has 1 nitrogen and oxygen atoms in total. The predicted octanol–water partition coefficient (Wildman–Crippen LogP) is 3.95. The molecule has 0 radical (unpaired) electrons. The van der Waals surface area contributed by atoms with E-state index in [1.54, 1.807) is 7.11 Å². The largest absolute Gasteiger partial charge is 0.496 e. The van der Waals surface area contributed by atoms with Gasteiger partial charge in [-0.2, -0.15) is 11.8 Å². The maximum atomic E-state index is 5.70. The number of para-hydroxylation sites is 1. The zero-order valence-electron chi connectivity index (χ0n) is 9.20. The van der Waals surface area contributed by atoms with E-state index in [0.717, 1.165) is 23.8 Å². The lowest BCUT2D eigenvalue weighted by molar-refractivity contribution is 0.411. The van der Waals surface area contributed by atoms with Crippen molar-refractivity contribution in [3.05, 3.63) is 29.8 Å². The molecule has 0 aromatic heterocycles. The molecule has 0 saturated carbocycles. The van der Waals surface area contributed by atoms with E-state index in [1.807, 2.05) is 30.0 Å². The highest BCUT2D eigenvalue weighted by Gasteiger charge is 2.05. The van der Waals surface area contributed by atoms with Crippen molar-refractivity contribution >= 4 is 23.4 Å². The molecule has 0 amide bonds. The van der Waals surface area contributed by atoms with Crippen molar-refractivity contribution < 1.29 is 4.74 Å². The van der Waals surface area contributed by atoms with Gasteiger partial charge in [0.15, 0.2) is 0 Å². The quantitative estimate of drug-likeness (QED) is 0.701. The third kappa shape index (κ3) is 4.35. The summed E-state index contributed by atoms with van der Waals surface area (Å²) in [6.45, 7) is 2.21. The van der Waals surface area contributed by atoms with Gasteiger partial charge in [0.25, 0.3) is 0 Å². The number of halogens is 1. The molecule has 0 aliphatic rings. The molecule has 0 saturated heterocycles. The first-order valence-electron chi connectivity index (χ1n) is 5.07. The molecule has 1 aromatic carbocycles. The van der Waals surface area contributed by atoms with Crippen molar-refractivity contribution in [3.63, 3.8) is 0 Å².